The summed E-state index contributed by atoms with van der Waals surface area (Å²) in [5, 5.41) is 19.3. The SMILES string of the molecule is O=CCCCn1nc(-c2ccccc2)c(-c2ccccc2)c1-c1ccccc1.OCCCCn1nc(-c2ccccc2)c(-c2ccccc2)c1-c1ccccc1. The second kappa shape index (κ2) is 19.1. The average molecular weight is 735 g/mol. The average Bonchev–Trinajstić information content (AvgIpc) is 3.85. The molecular formula is C50H46N4O2. The maximum atomic E-state index is 10.8. The van der Waals surface area contributed by atoms with Gasteiger partial charge in [0, 0.05) is 59.5 Å². The largest absolute Gasteiger partial charge is 0.396 e. The summed E-state index contributed by atoms with van der Waals surface area (Å²) in [5.41, 5.74) is 13.3. The molecule has 2 heterocycles. The van der Waals surface area contributed by atoms with Crippen LogP contribution in [0.5, 0.6) is 0 Å². The van der Waals surface area contributed by atoms with Crippen molar-refractivity contribution in [1.29, 1.82) is 0 Å². The number of aliphatic hydroxyl groups is 1. The molecule has 0 spiro atoms. The number of carbonyl (C=O) groups is 1. The Morgan fingerprint density at radius 1 is 0.411 bits per heavy atom. The Hall–Kier alpha value is -6.63. The van der Waals surface area contributed by atoms with Crippen LogP contribution in [-0.4, -0.2) is 37.6 Å². The number of carbonyl (C=O) groups excluding carboxylic acids is 1. The first-order valence-corrected chi connectivity index (χ1v) is 19.4. The Bertz CT molecular complexity index is 2390. The molecule has 2 aromatic heterocycles. The van der Waals surface area contributed by atoms with Gasteiger partial charge in [-0.1, -0.05) is 182 Å². The first kappa shape index (κ1) is 37.7. The van der Waals surface area contributed by atoms with Crippen molar-refractivity contribution < 1.29 is 9.90 Å². The highest BCUT2D eigenvalue weighted by Crippen LogP contribution is 2.41. The van der Waals surface area contributed by atoms with Crippen LogP contribution in [0.4, 0.5) is 0 Å². The van der Waals surface area contributed by atoms with Gasteiger partial charge in [0.05, 0.1) is 11.4 Å². The molecule has 0 atom stereocenters. The molecule has 0 amide bonds. The number of aliphatic hydroxyl groups excluding tert-OH is 1. The number of hydrogen-bond acceptors (Lipinski definition) is 4. The highest BCUT2D eigenvalue weighted by atomic mass is 16.3. The highest BCUT2D eigenvalue weighted by molar-refractivity contribution is 5.93. The molecule has 6 aromatic carbocycles. The zero-order valence-electron chi connectivity index (χ0n) is 31.5. The van der Waals surface area contributed by atoms with Crippen molar-refractivity contribution in [1.82, 2.24) is 19.6 Å². The van der Waals surface area contributed by atoms with Crippen LogP contribution in [-0.2, 0) is 17.9 Å². The van der Waals surface area contributed by atoms with Crippen molar-refractivity contribution in [2.75, 3.05) is 6.61 Å². The lowest BCUT2D eigenvalue weighted by Crippen LogP contribution is -2.03. The summed E-state index contributed by atoms with van der Waals surface area (Å²) in [6.45, 7) is 1.69. The minimum atomic E-state index is 0.207. The molecule has 0 saturated carbocycles. The fourth-order valence-electron chi connectivity index (χ4n) is 7.08. The lowest BCUT2D eigenvalue weighted by atomic mass is 9.96. The van der Waals surface area contributed by atoms with E-state index in [0.29, 0.717) is 13.0 Å². The van der Waals surface area contributed by atoms with E-state index >= 15 is 0 Å². The summed E-state index contributed by atoms with van der Waals surface area (Å²) < 4.78 is 4.17. The van der Waals surface area contributed by atoms with Crippen molar-refractivity contribution in [3.8, 4) is 67.3 Å². The maximum Gasteiger partial charge on any atom is 0.120 e. The van der Waals surface area contributed by atoms with Crippen LogP contribution in [0, 0.1) is 0 Å². The minimum absolute atomic E-state index is 0.207. The topological polar surface area (TPSA) is 72.9 Å². The number of aldehydes is 1. The number of nitrogens with zero attached hydrogens (tertiary/aromatic N) is 4. The van der Waals surface area contributed by atoms with Gasteiger partial charge < -0.3 is 9.90 Å². The molecule has 0 radical (unpaired) electrons. The third kappa shape index (κ3) is 8.84. The first-order chi connectivity index (χ1) is 27.8. The Labute approximate surface area is 329 Å². The molecular weight excluding hydrogens is 689 g/mol. The van der Waals surface area contributed by atoms with Crippen LogP contribution in [0.25, 0.3) is 67.3 Å². The van der Waals surface area contributed by atoms with Gasteiger partial charge in [0.1, 0.15) is 17.7 Å². The molecule has 278 valence electrons. The molecule has 8 rings (SSSR count). The van der Waals surface area contributed by atoms with Crippen LogP contribution in [0.2, 0.25) is 0 Å². The molecule has 0 bridgehead atoms. The lowest BCUT2D eigenvalue weighted by Gasteiger charge is -2.10. The molecule has 0 unspecified atom stereocenters. The summed E-state index contributed by atoms with van der Waals surface area (Å²) in [6, 6.07) is 62.4. The number of aryl methyl sites for hydroxylation is 2. The van der Waals surface area contributed by atoms with Gasteiger partial charge in [0.2, 0.25) is 0 Å². The predicted octanol–water partition coefficient (Wildman–Crippen LogP) is 11.5. The van der Waals surface area contributed by atoms with E-state index in [1.165, 1.54) is 0 Å². The zero-order valence-corrected chi connectivity index (χ0v) is 31.5. The summed E-state index contributed by atoms with van der Waals surface area (Å²) in [5.74, 6) is 0. The predicted molar refractivity (Wildman–Crippen MR) is 229 cm³/mol. The number of rotatable bonds is 14. The van der Waals surface area contributed by atoms with Crippen molar-refractivity contribution >= 4 is 6.29 Å². The first-order valence-electron chi connectivity index (χ1n) is 19.4. The Morgan fingerprint density at radius 2 is 0.732 bits per heavy atom. The summed E-state index contributed by atoms with van der Waals surface area (Å²) in [4.78, 5) is 10.8. The van der Waals surface area contributed by atoms with E-state index < -0.39 is 0 Å². The quantitative estimate of drug-likeness (QED) is 0.0892. The third-order valence-corrected chi connectivity index (χ3v) is 9.69. The van der Waals surface area contributed by atoms with E-state index in [-0.39, 0.29) is 6.61 Å². The van der Waals surface area contributed by atoms with Gasteiger partial charge in [-0.25, -0.2) is 0 Å². The van der Waals surface area contributed by atoms with Gasteiger partial charge >= 0.3 is 0 Å². The summed E-state index contributed by atoms with van der Waals surface area (Å²) in [7, 11) is 0. The van der Waals surface area contributed by atoms with Crippen molar-refractivity contribution in [2.24, 2.45) is 0 Å². The maximum absolute atomic E-state index is 10.8. The normalized spacial score (nSPS) is 10.8. The minimum Gasteiger partial charge on any atom is -0.396 e. The molecule has 0 aliphatic carbocycles. The van der Waals surface area contributed by atoms with Crippen molar-refractivity contribution in [3.63, 3.8) is 0 Å². The van der Waals surface area contributed by atoms with Gasteiger partial charge in [0.15, 0.2) is 0 Å². The number of hydrogen-bond donors (Lipinski definition) is 1. The van der Waals surface area contributed by atoms with Gasteiger partial charge in [-0.15, -0.1) is 0 Å². The molecule has 0 saturated heterocycles. The van der Waals surface area contributed by atoms with Gasteiger partial charge in [-0.3, -0.25) is 9.36 Å². The zero-order chi connectivity index (χ0) is 38.4. The molecule has 6 heteroatoms. The van der Waals surface area contributed by atoms with Gasteiger partial charge in [-0.05, 0) is 30.4 Å². The fraction of sp³-hybridized carbons (Fsp3) is 0.140. The number of benzene rings is 6. The van der Waals surface area contributed by atoms with Crippen LogP contribution in [0.1, 0.15) is 25.7 Å². The van der Waals surface area contributed by atoms with E-state index in [0.717, 1.165) is 99.4 Å². The van der Waals surface area contributed by atoms with E-state index in [2.05, 4.69) is 143 Å². The fourth-order valence-corrected chi connectivity index (χ4v) is 7.08. The molecule has 56 heavy (non-hydrogen) atoms. The summed E-state index contributed by atoms with van der Waals surface area (Å²) >= 11 is 0. The molecule has 0 fully saturated rings. The Balaban J connectivity index is 0.000000172. The third-order valence-electron chi connectivity index (χ3n) is 9.69. The van der Waals surface area contributed by atoms with E-state index in [1.807, 2.05) is 48.5 Å². The number of aromatic nitrogens is 4. The Morgan fingerprint density at radius 3 is 1.07 bits per heavy atom. The smallest absolute Gasteiger partial charge is 0.120 e. The van der Waals surface area contributed by atoms with Gasteiger partial charge in [-0.2, -0.15) is 10.2 Å². The highest BCUT2D eigenvalue weighted by Gasteiger charge is 2.23. The van der Waals surface area contributed by atoms with Crippen LogP contribution in [0.3, 0.4) is 0 Å². The molecule has 1 N–H and O–H groups in total. The second-order valence-corrected chi connectivity index (χ2v) is 13.5. The second-order valence-electron chi connectivity index (χ2n) is 13.5. The molecule has 6 nitrogen and oxygen atoms in total. The summed E-state index contributed by atoms with van der Waals surface area (Å²) in [6.07, 6.45) is 3.95. The lowest BCUT2D eigenvalue weighted by molar-refractivity contribution is -0.107. The van der Waals surface area contributed by atoms with Crippen molar-refractivity contribution in [2.45, 2.75) is 38.8 Å². The van der Waals surface area contributed by atoms with E-state index in [9.17, 15) is 9.90 Å². The molecule has 8 aromatic rings. The molecule has 0 aliphatic rings. The number of unbranched alkanes of at least 4 members (excludes halogenated alkanes) is 2. The van der Waals surface area contributed by atoms with Crippen molar-refractivity contribution in [3.05, 3.63) is 182 Å². The molecule has 0 aliphatic heterocycles. The van der Waals surface area contributed by atoms with Crippen LogP contribution >= 0.6 is 0 Å². The van der Waals surface area contributed by atoms with Crippen LogP contribution < -0.4 is 0 Å². The van der Waals surface area contributed by atoms with E-state index in [4.69, 9.17) is 10.2 Å². The van der Waals surface area contributed by atoms with Gasteiger partial charge in [0.25, 0.3) is 0 Å². The van der Waals surface area contributed by atoms with Crippen LogP contribution in [0.15, 0.2) is 182 Å². The standard InChI is InChI=1S/C25H24N2O.C25H22N2O/c2*28-19-11-10-18-27-25(22-16-8-3-9-17-22)23(20-12-4-1-5-13-20)24(26-27)21-14-6-2-7-15-21/h1-9,12-17,28H,10-11,18-19H2;1-9,12-17,19H,10-11,18H2. The Kier molecular flexibility index (Phi) is 12.9. The monoisotopic (exact) mass is 734 g/mol. The van der Waals surface area contributed by atoms with E-state index in [1.54, 1.807) is 0 Å².